The number of hydrogen-bond acceptors (Lipinski definition) is 7. The lowest BCUT2D eigenvalue weighted by molar-refractivity contribution is 0.0948. The molecule has 0 spiro atoms. The fourth-order valence-corrected chi connectivity index (χ4v) is 4.10. The second-order valence-corrected chi connectivity index (χ2v) is 7.71. The molecule has 0 atom stereocenters. The van der Waals surface area contributed by atoms with Gasteiger partial charge < -0.3 is 15.0 Å². The fraction of sp³-hybridized carbons (Fsp3) is 0.333. The Balaban J connectivity index is 1.28. The Morgan fingerprint density at radius 1 is 1.14 bits per heavy atom. The molecule has 2 aromatic heterocycles. The third kappa shape index (κ3) is 4.71. The first kappa shape index (κ1) is 19.3. The Bertz CT molecular complexity index is 950. The van der Waals surface area contributed by atoms with Crippen LogP contribution in [-0.2, 0) is 6.42 Å². The molecule has 3 heterocycles. The minimum atomic E-state index is -0.212. The zero-order valence-electron chi connectivity index (χ0n) is 16.3. The average molecular weight is 410 g/mol. The number of ether oxygens (including phenoxy) is 1. The Kier molecular flexibility index (Phi) is 6.00. The van der Waals surface area contributed by atoms with E-state index in [1.807, 2.05) is 35.7 Å². The van der Waals surface area contributed by atoms with Crippen molar-refractivity contribution in [1.82, 2.24) is 20.5 Å². The highest BCUT2D eigenvalue weighted by atomic mass is 32.1. The van der Waals surface area contributed by atoms with E-state index in [-0.39, 0.29) is 5.91 Å². The molecule has 4 rings (SSSR count). The van der Waals surface area contributed by atoms with Crippen LogP contribution in [0, 0.1) is 0 Å². The molecular formula is C21H23N5O2S. The van der Waals surface area contributed by atoms with Gasteiger partial charge in [0.15, 0.2) is 11.5 Å². The number of nitrogens with zero attached hydrogens (tertiary/aromatic N) is 4. The molecule has 1 saturated heterocycles. The van der Waals surface area contributed by atoms with Crippen molar-refractivity contribution in [3.05, 3.63) is 53.2 Å². The van der Waals surface area contributed by atoms with Crippen molar-refractivity contribution in [3.63, 3.8) is 0 Å². The first-order valence-corrected chi connectivity index (χ1v) is 10.6. The third-order valence-corrected chi connectivity index (χ3v) is 5.81. The van der Waals surface area contributed by atoms with Crippen LogP contribution in [0.5, 0.6) is 5.75 Å². The second kappa shape index (κ2) is 9.00. The van der Waals surface area contributed by atoms with E-state index in [9.17, 15) is 4.79 Å². The molecule has 1 amide bonds. The fourth-order valence-electron chi connectivity index (χ4n) is 3.24. The summed E-state index contributed by atoms with van der Waals surface area (Å²) in [5.41, 5.74) is 2.35. The van der Waals surface area contributed by atoms with Crippen molar-refractivity contribution in [2.24, 2.45) is 0 Å². The van der Waals surface area contributed by atoms with Gasteiger partial charge in [-0.15, -0.1) is 21.5 Å². The summed E-state index contributed by atoms with van der Waals surface area (Å²) in [6.07, 6.45) is 3.03. The normalized spacial score (nSPS) is 13.5. The van der Waals surface area contributed by atoms with Crippen LogP contribution in [-0.4, -0.2) is 47.8 Å². The van der Waals surface area contributed by atoms with Crippen molar-refractivity contribution in [2.75, 3.05) is 31.6 Å². The Labute approximate surface area is 173 Å². The monoisotopic (exact) mass is 409 g/mol. The van der Waals surface area contributed by atoms with E-state index in [1.54, 1.807) is 24.5 Å². The molecule has 0 saturated carbocycles. The van der Waals surface area contributed by atoms with Crippen molar-refractivity contribution in [1.29, 1.82) is 0 Å². The molecule has 1 N–H and O–H groups in total. The van der Waals surface area contributed by atoms with Crippen LogP contribution in [0.3, 0.4) is 0 Å². The van der Waals surface area contributed by atoms with Gasteiger partial charge in [-0.2, -0.15) is 0 Å². The van der Waals surface area contributed by atoms with Gasteiger partial charge in [0.1, 0.15) is 10.8 Å². The standard InChI is InChI=1S/C21H23N5O2S/c1-28-17-6-4-15(5-7-17)21-23-16(14-29-21)10-11-22-20(27)18-8-9-19(25-24-18)26-12-2-3-13-26/h4-9,14H,2-3,10-13H2,1H3,(H,22,27). The number of hydrogen-bond donors (Lipinski definition) is 1. The summed E-state index contributed by atoms with van der Waals surface area (Å²) in [4.78, 5) is 19.1. The van der Waals surface area contributed by atoms with Gasteiger partial charge in [-0.05, 0) is 49.2 Å². The van der Waals surface area contributed by atoms with Crippen LogP contribution in [0.2, 0.25) is 0 Å². The summed E-state index contributed by atoms with van der Waals surface area (Å²) < 4.78 is 5.19. The van der Waals surface area contributed by atoms with Crippen LogP contribution in [0.1, 0.15) is 29.0 Å². The molecular weight excluding hydrogens is 386 g/mol. The Hall–Kier alpha value is -3.00. The van der Waals surface area contributed by atoms with Gasteiger partial charge >= 0.3 is 0 Å². The summed E-state index contributed by atoms with van der Waals surface area (Å²) in [5, 5.41) is 14.1. The van der Waals surface area contributed by atoms with E-state index in [2.05, 4.69) is 25.4 Å². The van der Waals surface area contributed by atoms with Gasteiger partial charge in [0.2, 0.25) is 0 Å². The molecule has 1 fully saturated rings. The van der Waals surface area contributed by atoms with Crippen LogP contribution in [0.4, 0.5) is 5.82 Å². The van der Waals surface area contributed by atoms with Crippen LogP contribution in [0.25, 0.3) is 10.6 Å². The molecule has 29 heavy (non-hydrogen) atoms. The largest absolute Gasteiger partial charge is 0.497 e. The van der Waals surface area contributed by atoms with Gasteiger partial charge in [0, 0.05) is 37.0 Å². The van der Waals surface area contributed by atoms with Gasteiger partial charge in [-0.25, -0.2) is 4.98 Å². The molecule has 1 aliphatic heterocycles. The van der Waals surface area contributed by atoms with Gasteiger partial charge in [0.05, 0.1) is 12.8 Å². The zero-order valence-corrected chi connectivity index (χ0v) is 17.1. The SMILES string of the molecule is COc1ccc(-c2nc(CCNC(=O)c3ccc(N4CCCC4)nn3)cs2)cc1. The first-order valence-electron chi connectivity index (χ1n) is 9.68. The van der Waals surface area contributed by atoms with E-state index in [4.69, 9.17) is 4.74 Å². The highest BCUT2D eigenvalue weighted by Gasteiger charge is 2.15. The summed E-state index contributed by atoms with van der Waals surface area (Å²) in [5.74, 6) is 1.45. The minimum absolute atomic E-state index is 0.212. The maximum absolute atomic E-state index is 12.3. The summed E-state index contributed by atoms with van der Waals surface area (Å²) in [6, 6.07) is 11.4. The lowest BCUT2D eigenvalue weighted by Crippen LogP contribution is -2.27. The topological polar surface area (TPSA) is 80.2 Å². The number of amides is 1. The van der Waals surface area contributed by atoms with Crippen LogP contribution in [0.15, 0.2) is 41.8 Å². The molecule has 0 aliphatic carbocycles. The number of methoxy groups -OCH3 is 1. The molecule has 150 valence electrons. The van der Waals surface area contributed by atoms with E-state index in [0.29, 0.717) is 18.7 Å². The number of carbonyl (C=O) groups is 1. The number of nitrogens with one attached hydrogen (secondary N) is 1. The summed E-state index contributed by atoms with van der Waals surface area (Å²) >= 11 is 1.59. The molecule has 7 nitrogen and oxygen atoms in total. The van der Waals surface area contributed by atoms with E-state index >= 15 is 0 Å². The van der Waals surface area contributed by atoms with E-state index in [0.717, 1.165) is 40.9 Å². The quantitative estimate of drug-likeness (QED) is 0.646. The van der Waals surface area contributed by atoms with Gasteiger partial charge in [-0.1, -0.05) is 0 Å². The lowest BCUT2D eigenvalue weighted by Gasteiger charge is -2.15. The molecule has 0 bridgehead atoms. The third-order valence-electron chi connectivity index (χ3n) is 4.87. The van der Waals surface area contributed by atoms with Crippen molar-refractivity contribution < 1.29 is 9.53 Å². The highest BCUT2D eigenvalue weighted by Crippen LogP contribution is 2.25. The average Bonchev–Trinajstić information content (AvgIpc) is 3.46. The number of thiazole rings is 1. The molecule has 1 aromatic carbocycles. The summed E-state index contributed by atoms with van der Waals surface area (Å²) in [6.45, 7) is 2.51. The van der Waals surface area contributed by atoms with Crippen LogP contribution >= 0.6 is 11.3 Å². The highest BCUT2D eigenvalue weighted by molar-refractivity contribution is 7.13. The smallest absolute Gasteiger partial charge is 0.271 e. The van der Waals surface area contributed by atoms with Crippen molar-refractivity contribution in [2.45, 2.75) is 19.3 Å². The zero-order chi connectivity index (χ0) is 20.1. The Morgan fingerprint density at radius 2 is 1.93 bits per heavy atom. The molecule has 1 aliphatic rings. The predicted octanol–water partition coefficient (Wildman–Crippen LogP) is 3.18. The number of rotatable bonds is 7. The molecule has 0 unspecified atom stereocenters. The van der Waals surface area contributed by atoms with Crippen molar-refractivity contribution in [3.8, 4) is 16.3 Å². The summed E-state index contributed by atoms with van der Waals surface area (Å²) in [7, 11) is 1.65. The number of carbonyl (C=O) groups excluding carboxylic acids is 1. The van der Waals surface area contributed by atoms with Gasteiger partial charge in [-0.3, -0.25) is 4.79 Å². The van der Waals surface area contributed by atoms with Crippen molar-refractivity contribution >= 4 is 23.1 Å². The number of benzene rings is 1. The maximum atomic E-state index is 12.3. The van der Waals surface area contributed by atoms with E-state index in [1.165, 1.54) is 12.8 Å². The number of aromatic nitrogens is 3. The lowest BCUT2D eigenvalue weighted by atomic mass is 10.2. The van der Waals surface area contributed by atoms with Crippen LogP contribution < -0.4 is 15.0 Å². The van der Waals surface area contributed by atoms with E-state index < -0.39 is 0 Å². The Morgan fingerprint density at radius 3 is 2.62 bits per heavy atom. The molecule has 8 heteroatoms. The first-order chi connectivity index (χ1) is 14.2. The molecule has 0 radical (unpaired) electrons. The van der Waals surface area contributed by atoms with Gasteiger partial charge in [0.25, 0.3) is 5.91 Å². The molecule has 3 aromatic rings. The second-order valence-electron chi connectivity index (χ2n) is 6.85. The number of anilines is 1. The predicted molar refractivity (Wildman–Crippen MR) is 114 cm³/mol. The minimum Gasteiger partial charge on any atom is -0.497 e. The maximum Gasteiger partial charge on any atom is 0.271 e.